The molecular weight excluding hydrogens is 444 g/mol. The SMILES string of the molecule is CC(=O)O[C@H]1C2CCC3(OCCO3)[C@@]2(C)CCC1[C@@]1(C)CC[C@H](C)C[C@@H]1CCOS(C)(=O)=O. The lowest BCUT2D eigenvalue weighted by Crippen LogP contribution is -2.58. The van der Waals surface area contributed by atoms with E-state index >= 15 is 0 Å². The third-order valence-corrected chi connectivity index (χ3v) is 10.3. The van der Waals surface area contributed by atoms with Crippen LogP contribution in [0.25, 0.3) is 0 Å². The van der Waals surface area contributed by atoms with Gasteiger partial charge in [-0.15, -0.1) is 0 Å². The molecular formula is C25H42O7S. The molecule has 3 aliphatic carbocycles. The summed E-state index contributed by atoms with van der Waals surface area (Å²) in [5.74, 6) is 0.565. The molecule has 1 aliphatic heterocycles. The van der Waals surface area contributed by atoms with Crippen molar-refractivity contribution in [3.8, 4) is 0 Å². The molecule has 0 aromatic carbocycles. The van der Waals surface area contributed by atoms with E-state index in [9.17, 15) is 13.2 Å². The molecule has 4 fully saturated rings. The van der Waals surface area contributed by atoms with Crippen LogP contribution in [0.3, 0.4) is 0 Å². The second kappa shape index (κ2) is 9.07. The van der Waals surface area contributed by atoms with E-state index in [-0.39, 0.29) is 41.3 Å². The maximum absolute atomic E-state index is 12.3. The monoisotopic (exact) mass is 486 g/mol. The minimum atomic E-state index is -3.46. The molecule has 3 saturated carbocycles. The number of carbonyl (C=O) groups is 1. The van der Waals surface area contributed by atoms with Crippen molar-refractivity contribution in [3.05, 3.63) is 0 Å². The number of fused-ring (bicyclic) bond motifs is 2. The van der Waals surface area contributed by atoms with Gasteiger partial charge in [0.2, 0.25) is 0 Å². The average Bonchev–Trinajstić information content (AvgIpc) is 3.30. The van der Waals surface area contributed by atoms with Gasteiger partial charge in [0, 0.05) is 30.6 Å². The Bertz CT molecular complexity index is 836. The van der Waals surface area contributed by atoms with Gasteiger partial charge in [-0.1, -0.05) is 27.2 Å². The zero-order valence-electron chi connectivity index (χ0n) is 20.9. The minimum Gasteiger partial charge on any atom is -0.462 e. The van der Waals surface area contributed by atoms with Gasteiger partial charge in [0.15, 0.2) is 5.79 Å². The van der Waals surface area contributed by atoms with Crippen LogP contribution in [-0.4, -0.2) is 52.4 Å². The Morgan fingerprint density at radius 2 is 1.70 bits per heavy atom. The molecule has 0 amide bonds. The first-order valence-electron chi connectivity index (χ1n) is 12.7. The summed E-state index contributed by atoms with van der Waals surface area (Å²) in [7, 11) is -3.46. The van der Waals surface area contributed by atoms with Crippen LogP contribution < -0.4 is 0 Å². The lowest BCUT2D eigenvalue weighted by Gasteiger charge is -2.57. The molecule has 0 aromatic heterocycles. The quantitative estimate of drug-likeness (QED) is 0.409. The first kappa shape index (κ1) is 25.4. The van der Waals surface area contributed by atoms with Crippen LogP contribution in [0.2, 0.25) is 0 Å². The standard InChI is InChI=1S/C25H42O7S/c1-17-6-10-23(3,19(16-17)9-13-31-33(5,27)28)20-7-11-24(4)21(22(20)32-18(2)26)8-12-25(24)29-14-15-30-25/h17,19-22H,6-16H2,1-5H3/t17-,19-,20?,21?,22+,23-,24-/m0/s1. The maximum atomic E-state index is 12.3. The van der Waals surface area contributed by atoms with Gasteiger partial charge in [0.05, 0.1) is 26.1 Å². The topological polar surface area (TPSA) is 88.1 Å². The van der Waals surface area contributed by atoms with E-state index < -0.39 is 15.9 Å². The van der Waals surface area contributed by atoms with Crippen LogP contribution in [0.5, 0.6) is 0 Å². The van der Waals surface area contributed by atoms with E-state index in [1.54, 1.807) is 0 Å². The molecule has 0 radical (unpaired) electrons. The van der Waals surface area contributed by atoms with Crippen LogP contribution >= 0.6 is 0 Å². The van der Waals surface area contributed by atoms with E-state index in [4.69, 9.17) is 18.4 Å². The first-order chi connectivity index (χ1) is 15.4. The fourth-order valence-corrected chi connectivity index (χ4v) is 8.34. The van der Waals surface area contributed by atoms with Gasteiger partial charge in [-0.25, -0.2) is 0 Å². The van der Waals surface area contributed by atoms with Crippen molar-refractivity contribution in [1.82, 2.24) is 0 Å². The van der Waals surface area contributed by atoms with E-state index in [2.05, 4.69) is 20.8 Å². The van der Waals surface area contributed by atoms with Crippen LogP contribution in [0.15, 0.2) is 0 Å². The minimum absolute atomic E-state index is 0.0397. The molecule has 0 aromatic rings. The molecule has 4 aliphatic rings. The highest BCUT2D eigenvalue weighted by Gasteiger charge is 2.67. The van der Waals surface area contributed by atoms with Crippen LogP contribution in [-0.2, 0) is 33.3 Å². The summed E-state index contributed by atoms with van der Waals surface area (Å²) >= 11 is 0. The molecule has 1 spiro atoms. The van der Waals surface area contributed by atoms with Crippen molar-refractivity contribution >= 4 is 16.1 Å². The fourth-order valence-electron chi connectivity index (χ4n) is 7.94. The fraction of sp³-hybridized carbons (Fsp3) is 0.960. The largest absolute Gasteiger partial charge is 0.462 e. The van der Waals surface area contributed by atoms with Gasteiger partial charge in [-0.05, 0) is 55.8 Å². The average molecular weight is 487 g/mol. The summed E-state index contributed by atoms with van der Waals surface area (Å²) in [6, 6.07) is 0. The van der Waals surface area contributed by atoms with Crippen molar-refractivity contribution in [2.24, 2.45) is 34.5 Å². The molecule has 33 heavy (non-hydrogen) atoms. The molecule has 190 valence electrons. The predicted octanol–water partition coefficient (Wildman–Crippen LogP) is 4.30. The smallest absolute Gasteiger partial charge is 0.302 e. The predicted molar refractivity (Wildman–Crippen MR) is 124 cm³/mol. The zero-order valence-corrected chi connectivity index (χ0v) is 21.7. The highest BCUT2D eigenvalue weighted by molar-refractivity contribution is 7.85. The molecule has 4 rings (SSSR count). The van der Waals surface area contributed by atoms with Crippen molar-refractivity contribution in [1.29, 1.82) is 0 Å². The summed E-state index contributed by atoms with van der Waals surface area (Å²) in [4.78, 5) is 12.3. The molecule has 0 N–H and O–H groups in total. The Kier molecular flexibility index (Phi) is 6.98. The Morgan fingerprint density at radius 3 is 2.33 bits per heavy atom. The third kappa shape index (κ3) is 4.62. The van der Waals surface area contributed by atoms with Gasteiger partial charge in [-0.2, -0.15) is 8.42 Å². The van der Waals surface area contributed by atoms with E-state index in [0.29, 0.717) is 31.5 Å². The lowest BCUT2D eigenvalue weighted by molar-refractivity contribution is -0.252. The molecule has 1 saturated heterocycles. The van der Waals surface area contributed by atoms with Gasteiger partial charge in [0.1, 0.15) is 6.10 Å². The van der Waals surface area contributed by atoms with Crippen molar-refractivity contribution in [2.75, 3.05) is 26.1 Å². The zero-order chi connectivity index (χ0) is 24.1. The Labute approximate surface area is 199 Å². The summed E-state index contributed by atoms with van der Waals surface area (Å²) in [6.45, 7) is 9.87. The second-order valence-electron chi connectivity index (χ2n) is 11.6. The maximum Gasteiger partial charge on any atom is 0.302 e. The first-order valence-corrected chi connectivity index (χ1v) is 14.5. The van der Waals surface area contributed by atoms with Gasteiger partial charge >= 0.3 is 5.97 Å². The number of hydrogen-bond donors (Lipinski definition) is 0. The summed E-state index contributed by atoms with van der Waals surface area (Å²) in [6.07, 6.45) is 8.59. The molecule has 1 heterocycles. The Balaban J connectivity index is 1.61. The van der Waals surface area contributed by atoms with Crippen molar-refractivity contribution in [3.63, 3.8) is 0 Å². The van der Waals surface area contributed by atoms with Crippen molar-refractivity contribution in [2.45, 2.75) is 91.0 Å². The number of rotatable bonds is 6. The second-order valence-corrected chi connectivity index (χ2v) is 13.3. The van der Waals surface area contributed by atoms with E-state index in [1.165, 1.54) is 6.92 Å². The molecule has 7 nitrogen and oxygen atoms in total. The number of esters is 1. The number of hydrogen-bond acceptors (Lipinski definition) is 7. The molecule has 7 atom stereocenters. The van der Waals surface area contributed by atoms with Gasteiger partial charge in [-0.3, -0.25) is 8.98 Å². The normalized spacial score (nSPS) is 42.9. The van der Waals surface area contributed by atoms with Gasteiger partial charge in [0.25, 0.3) is 10.1 Å². The molecule has 8 heteroatoms. The van der Waals surface area contributed by atoms with E-state index in [1.807, 2.05) is 0 Å². The van der Waals surface area contributed by atoms with Crippen LogP contribution in [0.1, 0.15) is 79.1 Å². The van der Waals surface area contributed by atoms with Crippen LogP contribution in [0.4, 0.5) is 0 Å². The highest BCUT2D eigenvalue weighted by atomic mass is 32.2. The van der Waals surface area contributed by atoms with Crippen LogP contribution in [0, 0.1) is 34.5 Å². The molecule has 2 unspecified atom stereocenters. The third-order valence-electron chi connectivity index (χ3n) is 9.70. The summed E-state index contributed by atoms with van der Waals surface area (Å²) in [5, 5.41) is 0. The number of carbonyl (C=O) groups excluding carboxylic acids is 1. The Morgan fingerprint density at radius 1 is 1.03 bits per heavy atom. The summed E-state index contributed by atoms with van der Waals surface area (Å²) < 4.78 is 46.8. The Hall–Kier alpha value is -0.700. The lowest BCUT2D eigenvalue weighted by atomic mass is 9.50. The highest BCUT2D eigenvalue weighted by Crippen LogP contribution is 2.65. The van der Waals surface area contributed by atoms with E-state index in [0.717, 1.165) is 51.2 Å². The van der Waals surface area contributed by atoms with Gasteiger partial charge < -0.3 is 14.2 Å². The number of ether oxygens (including phenoxy) is 3. The summed E-state index contributed by atoms with van der Waals surface area (Å²) in [5.41, 5.74) is -0.213. The molecule has 0 bridgehead atoms. The van der Waals surface area contributed by atoms with Crippen molar-refractivity contribution < 1.29 is 31.6 Å².